The molecule has 4 unspecified atom stereocenters. The number of thioether (sulfide) groups is 1. The molecule has 2 aromatic carbocycles. The van der Waals surface area contributed by atoms with Gasteiger partial charge in [-0.25, -0.2) is 4.98 Å². The van der Waals surface area contributed by atoms with Crippen LogP contribution in [0.25, 0.3) is 17.2 Å². The number of rotatable bonds is 8. The Kier molecular flexibility index (Phi) is 7.44. The lowest BCUT2D eigenvalue weighted by Gasteiger charge is -2.16. The van der Waals surface area contributed by atoms with Crippen LogP contribution in [0.1, 0.15) is 30.5 Å². The first-order valence-electron chi connectivity index (χ1n) is 10.7. The van der Waals surface area contributed by atoms with Gasteiger partial charge in [0.2, 0.25) is 0 Å². The van der Waals surface area contributed by atoms with E-state index in [9.17, 15) is 15.3 Å². The average molecular weight is 453 g/mol. The van der Waals surface area contributed by atoms with E-state index in [2.05, 4.69) is 41.4 Å². The van der Waals surface area contributed by atoms with Crippen molar-refractivity contribution in [1.29, 1.82) is 0 Å². The molecule has 168 valence electrons. The van der Waals surface area contributed by atoms with Crippen LogP contribution in [-0.4, -0.2) is 56.0 Å². The second-order valence-electron chi connectivity index (χ2n) is 7.89. The Bertz CT molecular complexity index is 1030. The predicted octanol–water partition coefficient (Wildman–Crippen LogP) is 3.70. The molecule has 4 atom stereocenters. The molecule has 1 aliphatic heterocycles. The summed E-state index contributed by atoms with van der Waals surface area (Å²) >= 11 is 1.65. The fourth-order valence-electron chi connectivity index (χ4n) is 3.72. The molecule has 3 N–H and O–H groups in total. The largest absolute Gasteiger partial charge is 0.394 e. The fourth-order valence-corrected chi connectivity index (χ4v) is 4.76. The Balaban J connectivity index is 1.41. The highest BCUT2D eigenvalue weighted by molar-refractivity contribution is 8.00. The molecule has 1 fully saturated rings. The first-order chi connectivity index (χ1) is 15.5. The summed E-state index contributed by atoms with van der Waals surface area (Å²) in [6.45, 7) is 2.58. The molecule has 0 radical (unpaired) electrons. The van der Waals surface area contributed by atoms with Crippen molar-refractivity contribution in [3.63, 3.8) is 0 Å². The molecule has 0 aliphatic carbocycles. The van der Waals surface area contributed by atoms with Crippen molar-refractivity contribution in [2.45, 2.75) is 35.3 Å². The molecule has 6 nitrogen and oxygen atoms in total. The van der Waals surface area contributed by atoms with Gasteiger partial charge in [0.15, 0.2) is 0 Å². The maximum Gasteiger partial charge on any atom is 0.137 e. The molecule has 0 bridgehead atoms. The highest BCUT2D eigenvalue weighted by Crippen LogP contribution is 2.31. The Hall–Kier alpha value is -2.42. The number of hydrogen-bond donors (Lipinski definition) is 3. The van der Waals surface area contributed by atoms with Crippen LogP contribution in [0, 0.1) is 0 Å². The highest BCUT2D eigenvalue weighted by atomic mass is 32.2. The van der Waals surface area contributed by atoms with E-state index in [1.54, 1.807) is 35.6 Å². The van der Waals surface area contributed by atoms with Crippen LogP contribution in [0.3, 0.4) is 0 Å². The molecular weight excluding hydrogens is 424 g/mol. The number of aliphatic hydroxyl groups is 3. The Morgan fingerprint density at radius 2 is 1.81 bits per heavy atom. The molecule has 4 rings (SSSR count). The van der Waals surface area contributed by atoms with Gasteiger partial charge in [0.1, 0.15) is 11.9 Å². The third-order valence-corrected chi connectivity index (χ3v) is 6.81. The van der Waals surface area contributed by atoms with Gasteiger partial charge in [0, 0.05) is 17.3 Å². The predicted molar refractivity (Wildman–Crippen MR) is 126 cm³/mol. The maximum absolute atomic E-state index is 9.91. The SMILES string of the molecule is CC(O)c1nccn1C(/C=C/c1ccc(-c2ccc(SC3COCC3O)cc2)cc1)CO. The van der Waals surface area contributed by atoms with Gasteiger partial charge in [-0.15, -0.1) is 11.8 Å². The minimum Gasteiger partial charge on any atom is -0.394 e. The summed E-state index contributed by atoms with van der Waals surface area (Å²) in [5.74, 6) is 0.528. The molecule has 0 spiro atoms. The van der Waals surface area contributed by atoms with Crippen LogP contribution < -0.4 is 0 Å². The second-order valence-corrected chi connectivity index (χ2v) is 9.20. The monoisotopic (exact) mass is 452 g/mol. The van der Waals surface area contributed by atoms with Crippen molar-refractivity contribution >= 4 is 17.8 Å². The summed E-state index contributed by atoms with van der Waals surface area (Å²) in [7, 11) is 0. The number of hydrogen-bond acceptors (Lipinski definition) is 6. The molecule has 7 heteroatoms. The highest BCUT2D eigenvalue weighted by Gasteiger charge is 2.26. The summed E-state index contributed by atoms with van der Waals surface area (Å²) < 4.78 is 7.10. The average Bonchev–Trinajstić information content (AvgIpc) is 3.45. The lowest BCUT2D eigenvalue weighted by atomic mass is 10.0. The fraction of sp³-hybridized carbons (Fsp3) is 0.320. The Morgan fingerprint density at radius 1 is 1.12 bits per heavy atom. The third kappa shape index (κ3) is 5.31. The summed E-state index contributed by atoms with van der Waals surface area (Å²) in [6, 6.07) is 16.3. The van der Waals surface area contributed by atoms with Crippen LogP contribution >= 0.6 is 11.8 Å². The van der Waals surface area contributed by atoms with Crippen LogP contribution in [0.4, 0.5) is 0 Å². The summed E-state index contributed by atoms with van der Waals surface area (Å²) in [6.07, 6.45) is 6.16. The van der Waals surface area contributed by atoms with Crippen molar-refractivity contribution in [1.82, 2.24) is 9.55 Å². The third-order valence-electron chi connectivity index (χ3n) is 5.51. The molecule has 1 aromatic heterocycles. The number of imidazole rings is 1. The molecule has 0 amide bonds. The standard InChI is InChI=1S/C25H28N2O4S/c1-17(29)25-26-12-13-27(25)21(14-28)9-4-18-2-5-19(6-3-18)20-7-10-22(11-8-20)32-24-16-31-15-23(24)30/h2-13,17,21,23-24,28-30H,14-16H2,1H3/b9-4+. The van der Waals surface area contributed by atoms with Gasteiger partial charge in [0.25, 0.3) is 0 Å². The minimum absolute atomic E-state index is 0.0843. The molecule has 3 aromatic rings. The van der Waals surface area contributed by atoms with Gasteiger partial charge < -0.3 is 24.6 Å². The Morgan fingerprint density at radius 3 is 2.41 bits per heavy atom. The minimum atomic E-state index is -0.701. The Labute approximate surface area is 192 Å². The molecule has 1 aliphatic rings. The summed E-state index contributed by atoms with van der Waals surface area (Å²) in [5, 5.41) is 29.7. The van der Waals surface area contributed by atoms with E-state index in [-0.39, 0.29) is 17.9 Å². The van der Waals surface area contributed by atoms with Gasteiger partial charge >= 0.3 is 0 Å². The van der Waals surface area contributed by atoms with Crippen molar-refractivity contribution < 1.29 is 20.1 Å². The number of aromatic nitrogens is 2. The number of nitrogens with zero attached hydrogens (tertiary/aromatic N) is 2. The normalized spacial score (nSPS) is 20.6. The first kappa shape index (κ1) is 22.8. The number of benzene rings is 2. The van der Waals surface area contributed by atoms with Gasteiger partial charge in [-0.2, -0.15) is 0 Å². The molecule has 32 heavy (non-hydrogen) atoms. The summed E-state index contributed by atoms with van der Waals surface area (Å²) in [5.41, 5.74) is 3.27. The lowest BCUT2D eigenvalue weighted by Crippen LogP contribution is -2.19. The van der Waals surface area contributed by atoms with E-state index in [0.717, 1.165) is 21.6 Å². The molecule has 2 heterocycles. The quantitative estimate of drug-likeness (QED) is 0.483. The lowest BCUT2D eigenvalue weighted by molar-refractivity contribution is 0.127. The van der Waals surface area contributed by atoms with Gasteiger partial charge in [-0.3, -0.25) is 0 Å². The smallest absolute Gasteiger partial charge is 0.137 e. The molecule has 1 saturated heterocycles. The van der Waals surface area contributed by atoms with Crippen molar-refractivity contribution in [2.24, 2.45) is 0 Å². The maximum atomic E-state index is 9.91. The zero-order valence-electron chi connectivity index (χ0n) is 17.9. The molecular formula is C25H28N2O4S. The number of ether oxygens (including phenoxy) is 1. The van der Waals surface area contributed by atoms with E-state index < -0.39 is 12.2 Å². The van der Waals surface area contributed by atoms with Gasteiger partial charge in [-0.05, 0) is 35.7 Å². The van der Waals surface area contributed by atoms with E-state index >= 15 is 0 Å². The zero-order valence-corrected chi connectivity index (χ0v) is 18.7. The van der Waals surface area contributed by atoms with Gasteiger partial charge in [0.05, 0.1) is 37.2 Å². The van der Waals surface area contributed by atoms with Crippen LogP contribution in [0.2, 0.25) is 0 Å². The summed E-state index contributed by atoms with van der Waals surface area (Å²) in [4.78, 5) is 5.29. The van der Waals surface area contributed by atoms with E-state index in [4.69, 9.17) is 4.74 Å². The van der Waals surface area contributed by atoms with E-state index in [1.807, 2.05) is 24.3 Å². The second kappa shape index (κ2) is 10.5. The van der Waals surface area contributed by atoms with Crippen LogP contribution in [0.5, 0.6) is 0 Å². The van der Waals surface area contributed by atoms with Crippen LogP contribution in [0.15, 0.2) is 71.9 Å². The van der Waals surface area contributed by atoms with Crippen LogP contribution in [-0.2, 0) is 4.74 Å². The van der Waals surface area contributed by atoms with E-state index in [0.29, 0.717) is 19.0 Å². The zero-order chi connectivity index (χ0) is 22.5. The van der Waals surface area contributed by atoms with Crippen molar-refractivity contribution in [3.05, 3.63) is 78.4 Å². The molecule has 0 saturated carbocycles. The van der Waals surface area contributed by atoms with Crippen molar-refractivity contribution in [2.75, 3.05) is 19.8 Å². The van der Waals surface area contributed by atoms with E-state index in [1.165, 1.54) is 0 Å². The van der Waals surface area contributed by atoms with Gasteiger partial charge in [-0.1, -0.05) is 48.6 Å². The first-order valence-corrected chi connectivity index (χ1v) is 11.6. The number of aliphatic hydroxyl groups excluding tert-OH is 3. The topological polar surface area (TPSA) is 87.7 Å². The van der Waals surface area contributed by atoms with Crippen molar-refractivity contribution in [3.8, 4) is 11.1 Å².